The predicted octanol–water partition coefficient (Wildman–Crippen LogP) is 5.35. The normalized spacial score (nSPS) is 18.2. The van der Waals surface area contributed by atoms with Crippen molar-refractivity contribution in [1.29, 1.82) is 5.26 Å². The first-order valence-electron chi connectivity index (χ1n) is 9.94. The molecule has 1 aliphatic rings. The summed E-state index contributed by atoms with van der Waals surface area (Å²) in [5.74, 6) is 0.346. The summed E-state index contributed by atoms with van der Waals surface area (Å²) in [6.45, 7) is 0. The monoisotopic (exact) mass is 375 g/mol. The van der Waals surface area contributed by atoms with Crippen LogP contribution in [0, 0.1) is 17.2 Å². The Morgan fingerprint density at radius 3 is 1.69 bits per heavy atom. The molecule has 1 saturated carbocycles. The van der Waals surface area contributed by atoms with E-state index in [-0.39, 0.29) is 11.8 Å². The van der Waals surface area contributed by atoms with E-state index in [1.807, 2.05) is 24.5 Å². The van der Waals surface area contributed by atoms with Gasteiger partial charge in [0.2, 0.25) is 0 Å². The molecule has 0 radical (unpaired) electrons. The minimum atomic E-state index is -0.536. The Balaban J connectivity index is 1.78. The van der Waals surface area contributed by atoms with Crippen molar-refractivity contribution in [2.45, 2.75) is 17.9 Å². The minimum Gasteiger partial charge on any atom is -0.319 e. The zero-order valence-corrected chi connectivity index (χ0v) is 16.0. The van der Waals surface area contributed by atoms with Gasteiger partial charge in [0.1, 0.15) is 5.54 Å². The molecule has 1 heterocycles. The first-order valence-corrected chi connectivity index (χ1v) is 9.94. The van der Waals surface area contributed by atoms with Crippen molar-refractivity contribution in [1.82, 2.24) is 9.55 Å². The van der Waals surface area contributed by atoms with Crippen molar-refractivity contribution in [3.63, 3.8) is 0 Å². The SMILES string of the molecule is N#C[C@@H]1C[C@H]1c1cn(C(c2ccccc2)(c2ccccc2)c2ccccc2)cn1. The summed E-state index contributed by atoms with van der Waals surface area (Å²) in [6, 6.07) is 34.1. The van der Waals surface area contributed by atoms with Gasteiger partial charge in [0.25, 0.3) is 0 Å². The van der Waals surface area contributed by atoms with E-state index in [1.54, 1.807) is 0 Å². The Bertz CT molecular complexity index is 1040. The van der Waals surface area contributed by atoms with Crippen LogP contribution in [0.15, 0.2) is 104 Å². The average Bonchev–Trinajstić information content (AvgIpc) is 3.44. The number of aromatic nitrogens is 2. The Labute approximate surface area is 170 Å². The fourth-order valence-electron chi connectivity index (χ4n) is 4.36. The lowest BCUT2D eigenvalue weighted by Gasteiger charge is -2.37. The molecule has 2 atom stereocenters. The van der Waals surface area contributed by atoms with Crippen LogP contribution in [0.25, 0.3) is 0 Å². The highest BCUT2D eigenvalue weighted by Gasteiger charge is 2.43. The van der Waals surface area contributed by atoms with Gasteiger partial charge in [-0.1, -0.05) is 91.0 Å². The molecule has 4 aromatic rings. The third-order valence-electron chi connectivity index (χ3n) is 5.90. The lowest BCUT2D eigenvalue weighted by molar-refractivity contribution is 0.514. The molecule has 140 valence electrons. The highest BCUT2D eigenvalue weighted by molar-refractivity contribution is 5.50. The number of benzene rings is 3. The largest absolute Gasteiger partial charge is 0.319 e. The third-order valence-corrected chi connectivity index (χ3v) is 5.90. The van der Waals surface area contributed by atoms with Gasteiger partial charge in [-0.15, -0.1) is 0 Å². The molecule has 0 amide bonds. The van der Waals surface area contributed by atoms with Crippen LogP contribution >= 0.6 is 0 Å². The van der Waals surface area contributed by atoms with E-state index in [0.29, 0.717) is 0 Å². The molecular formula is C26H21N3. The molecule has 3 nitrogen and oxygen atoms in total. The lowest BCUT2D eigenvalue weighted by atomic mass is 9.77. The first-order chi connectivity index (χ1) is 14.3. The maximum atomic E-state index is 9.25. The first kappa shape index (κ1) is 17.5. The molecule has 0 N–H and O–H groups in total. The van der Waals surface area contributed by atoms with Crippen LogP contribution in [-0.4, -0.2) is 9.55 Å². The van der Waals surface area contributed by atoms with Crippen molar-refractivity contribution in [2.24, 2.45) is 5.92 Å². The number of hydrogen-bond acceptors (Lipinski definition) is 2. The average molecular weight is 375 g/mol. The van der Waals surface area contributed by atoms with Crippen molar-refractivity contribution in [3.8, 4) is 6.07 Å². The van der Waals surface area contributed by atoms with Crippen molar-refractivity contribution < 1.29 is 0 Å². The molecular weight excluding hydrogens is 354 g/mol. The topological polar surface area (TPSA) is 41.6 Å². The number of rotatable bonds is 5. The summed E-state index contributed by atoms with van der Waals surface area (Å²) in [5, 5.41) is 9.25. The summed E-state index contributed by atoms with van der Waals surface area (Å²) < 4.78 is 2.22. The van der Waals surface area contributed by atoms with E-state index in [2.05, 4.69) is 89.6 Å². The van der Waals surface area contributed by atoms with Gasteiger partial charge in [0.15, 0.2) is 0 Å². The van der Waals surface area contributed by atoms with Gasteiger partial charge in [-0.05, 0) is 23.1 Å². The highest BCUT2D eigenvalue weighted by atomic mass is 15.1. The van der Waals surface area contributed by atoms with Crippen LogP contribution in [-0.2, 0) is 5.54 Å². The van der Waals surface area contributed by atoms with Gasteiger partial charge in [-0.2, -0.15) is 5.26 Å². The molecule has 1 fully saturated rings. The second-order valence-corrected chi connectivity index (χ2v) is 7.59. The number of nitrogens with zero attached hydrogens (tertiary/aromatic N) is 3. The molecule has 29 heavy (non-hydrogen) atoms. The molecule has 5 rings (SSSR count). The second-order valence-electron chi connectivity index (χ2n) is 7.59. The van der Waals surface area contributed by atoms with E-state index in [1.165, 1.54) is 16.7 Å². The Morgan fingerprint density at radius 1 is 0.793 bits per heavy atom. The lowest BCUT2D eigenvalue weighted by Crippen LogP contribution is -2.36. The summed E-state index contributed by atoms with van der Waals surface area (Å²) >= 11 is 0. The van der Waals surface area contributed by atoms with E-state index < -0.39 is 5.54 Å². The minimum absolute atomic E-state index is 0.0953. The highest BCUT2D eigenvalue weighted by Crippen LogP contribution is 2.47. The zero-order valence-electron chi connectivity index (χ0n) is 16.0. The summed E-state index contributed by atoms with van der Waals surface area (Å²) in [7, 11) is 0. The van der Waals surface area contributed by atoms with E-state index >= 15 is 0 Å². The maximum absolute atomic E-state index is 9.25. The fraction of sp³-hybridized carbons (Fsp3) is 0.154. The smallest absolute Gasteiger partial charge is 0.121 e. The van der Waals surface area contributed by atoms with Gasteiger partial charge in [0, 0.05) is 12.1 Å². The summed E-state index contributed by atoms with van der Waals surface area (Å²) in [6.07, 6.45) is 4.96. The molecule has 1 aliphatic carbocycles. The molecule has 0 saturated heterocycles. The Morgan fingerprint density at radius 2 is 1.28 bits per heavy atom. The second kappa shape index (κ2) is 7.07. The quantitative estimate of drug-likeness (QED) is 0.441. The standard InChI is InChI=1S/C26H21N3/c27-17-20-16-24(20)25-18-29(19-28-25)26(21-10-4-1-5-11-21,22-12-6-2-7-13-22)23-14-8-3-9-15-23/h1-15,18-20,24H,16H2/t20-,24+/m0/s1. The van der Waals surface area contributed by atoms with E-state index in [9.17, 15) is 5.26 Å². The molecule has 0 unspecified atom stereocenters. The van der Waals surface area contributed by atoms with E-state index in [0.717, 1.165) is 12.1 Å². The number of nitriles is 1. The van der Waals surface area contributed by atoms with Gasteiger partial charge < -0.3 is 4.57 Å². The van der Waals surface area contributed by atoms with Gasteiger partial charge in [0.05, 0.1) is 24.0 Å². The Kier molecular flexibility index (Phi) is 4.26. The Hall–Kier alpha value is -3.64. The molecule has 1 aromatic heterocycles. The van der Waals surface area contributed by atoms with Crippen LogP contribution in [0.2, 0.25) is 0 Å². The third kappa shape index (κ3) is 2.85. The van der Waals surface area contributed by atoms with Crippen molar-refractivity contribution >= 4 is 0 Å². The van der Waals surface area contributed by atoms with Crippen LogP contribution in [0.3, 0.4) is 0 Å². The van der Waals surface area contributed by atoms with Crippen LogP contribution in [0.4, 0.5) is 0 Å². The molecule has 3 heteroatoms. The zero-order chi connectivity index (χ0) is 19.7. The molecule has 0 aliphatic heterocycles. The fourth-order valence-corrected chi connectivity index (χ4v) is 4.36. The van der Waals surface area contributed by atoms with Gasteiger partial charge in [-0.25, -0.2) is 4.98 Å². The van der Waals surface area contributed by atoms with Crippen LogP contribution < -0.4 is 0 Å². The number of hydrogen-bond donors (Lipinski definition) is 0. The molecule has 0 bridgehead atoms. The number of imidazole rings is 1. The summed E-state index contributed by atoms with van der Waals surface area (Å²) in [4.78, 5) is 4.73. The van der Waals surface area contributed by atoms with E-state index in [4.69, 9.17) is 4.98 Å². The maximum Gasteiger partial charge on any atom is 0.121 e. The predicted molar refractivity (Wildman–Crippen MR) is 113 cm³/mol. The van der Waals surface area contributed by atoms with Crippen molar-refractivity contribution in [2.75, 3.05) is 0 Å². The van der Waals surface area contributed by atoms with Gasteiger partial charge in [-0.3, -0.25) is 0 Å². The van der Waals surface area contributed by atoms with Crippen LogP contribution in [0.1, 0.15) is 34.7 Å². The molecule has 3 aromatic carbocycles. The molecule has 0 spiro atoms. The van der Waals surface area contributed by atoms with Gasteiger partial charge >= 0.3 is 0 Å². The summed E-state index contributed by atoms with van der Waals surface area (Å²) in [5.41, 5.74) is 3.99. The van der Waals surface area contributed by atoms with Crippen molar-refractivity contribution in [3.05, 3.63) is 126 Å². The van der Waals surface area contributed by atoms with Crippen LogP contribution in [0.5, 0.6) is 0 Å².